The number of hydrogen-bond donors (Lipinski definition) is 1. The van der Waals surface area contributed by atoms with Crippen LogP contribution in [-0.4, -0.2) is 22.9 Å². The van der Waals surface area contributed by atoms with Gasteiger partial charge in [-0.25, -0.2) is 0 Å². The Labute approximate surface area is 112 Å². The number of carbonyl (C=O) groups is 1. The average Bonchev–Trinajstić information content (AvgIpc) is 2.88. The number of amides is 1. The molecular weight excluding hydrogens is 244 g/mol. The molecule has 2 unspecified atom stereocenters. The van der Waals surface area contributed by atoms with Crippen LogP contribution in [0.15, 0.2) is 17.5 Å². The molecule has 2 aliphatic carbocycles. The van der Waals surface area contributed by atoms with E-state index in [-0.39, 0.29) is 12.0 Å². The second-order valence-corrected chi connectivity index (χ2v) is 6.58. The molecule has 0 aliphatic heterocycles. The lowest BCUT2D eigenvalue weighted by molar-refractivity contribution is -0.136. The van der Waals surface area contributed by atoms with E-state index in [9.17, 15) is 4.79 Å². The third kappa shape index (κ3) is 2.59. The van der Waals surface area contributed by atoms with Crippen LogP contribution in [0.5, 0.6) is 0 Å². The van der Waals surface area contributed by atoms with Gasteiger partial charge in [-0.2, -0.15) is 0 Å². The predicted molar refractivity (Wildman–Crippen MR) is 73.2 cm³/mol. The molecule has 3 rings (SSSR count). The molecule has 0 saturated heterocycles. The molecule has 0 spiro atoms. The largest absolute Gasteiger partial charge is 0.334 e. The fourth-order valence-electron chi connectivity index (χ4n) is 2.82. The topological polar surface area (TPSA) is 46.3 Å². The molecule has 1 aromatic rings. The van der Waals surface area contributed by atoms with E-state index in [1.807, 2.05) is 0 Å². The Kier molecular flexibility index (Phi) is 3.39. The van der Waals surface area contributed by atoms with E-state index in [1.54, 1.807) is 11.3 Å². The van der Waals surface area contributed by atoms with Crippen molar-refractivity contribution in [3.8, 4) is 0 Å². The number of nitrogens with two attached hydrogens (primary N) is 1. The van der Waals surface area contributed by atoms with Crippen molar-refractivity contribution < 1.29 is 4.79 Å². The number of rotatable bonds is 4. The van der Waals surface area contributed by atoms with Crippen LogP contribution in [0.25, 0.3) is 0 Å². The van der Waals surface area contributed by atoms with Crippen molar-refractivity contribution in [2.24, 2.45) is 11.7 Å². The lowest BCUT2D eigenvalue weighted by Crippen LogP contribution is -2.36. The first kappa shape index (κ1) is 12.2. The summed E-state index contributed by atoms with van der Waals surface area (Å²) in [6, 6.07) is 4.91. The molecule has 2 N–H and O–H groups in total. The highest BCUT2D eigenvalue weighted by atomic mass is 32.1. The minimum Gasteiger partial charge on any atom is -0.334 e. The molecule has 98 valence electrons. The van der Waals surface area contributed by atoms with Crippen LogP contribution in [-0.2, 0) is 11.3 Å². The molecule has 2 atom stereocenters. The normalized spacial score (nSPS) is 27.4. The molecule has 2 fully saturated rings. The summed E-state index contributed by atoms with van der Waals surface area (Å²) in [6.07, 6.45) is 5.22. The van der Waals surface area contributed by atoms with Gasteiger partial charge in [0, 0.05) is 22.9 Å². The first-order chi connectivity index (χ1) is 8.74. The Bertz CT molecular complexity index is 413. The first-order valence-electron chi connectivity index (χ1n) is 6.82. The van der Waals surface area contributed by atoms with Crippen molar-refractivity contribution in [1.29, 1.82) is 0 Å². The van der Waals surface area contributed by atoms with E-state index in [4.69, 9.17) is 5.73 Å². The van der Waals surface area contributed by atoms with Crippen LogP contribution < -0.4 is 5.73 Å². The summed E-state index contributed by atoms with van der Waals surface area (Å²) in [5, 5.41) is 2.08. The predicted octanol–water partition coefficient (Wildman–Crippen LogP) is 2.37. The Morgan fingerprint density at radius 2 is 2.22 bits per heavy atom. The Morgan fingerprint density at radius 1 is 1.39 bits per heavy atom. The smallest absolute Gasteiger partial charge is 0.226 e. The molecule has 4 heteroatoms. The summed E-state index contributed by atoms with van der Waals surface area (Å²) in [7, 11) is 0. The lowest BCUT2D eigenvalue weighted by atomic mass is 10.1. The summed E-state index contributed by atoms with van der Waals surface area (Å²) in [4.78, 5) is 16.0. The summed E-state index contributed by atoms with van der Waals surface area (Å²) < 4.78 is 0. The van der Waals surface area contributed by atoms with E-state index >= 15 is 0 Å². The van der Waals surface area contributed by atoms with Crippen molar-refractivity contribution in [1.82, 2.24) is 4.90 Å². The second-order valence-electron chi connectivity index (χ2n) is 5.55. The maximum absolute atomic E-state index is 12.6. The van der Waals surface area contributed by atoms with Gasteiger partial charge in [-0.3, -0.25) is 4.79 Å². The van der Waals surface area contributed by atoms with Gasteiger partial charge in [0.1, 0.15) is 0 Å². The van der Waals surface area contributed by atoms with Crippen molar-refractivity contribution in [3.63, 3.8) is 0 Å². The molecule has 0 radical (unpaired) electrons. The number of hydrogen-bond acceptors (Lipinski definition) is 3. The van der Waals surface area contributed by atoms with Gasteiger partial charge in [-0.1, -0.05) is 6.07 Å². The van der Waals surface area contributed by atoms with Crippen LogP contribution in [0.2, 0.25) is 0 Å². The van der Waals surface area contributed by atoms with Gasteiger partial charge >= 0.3 is 0 Å². The summed E-state index contributed by atoms with van der Waals surface area (Å²) in [5.41, 5.74) is 5.92. The summed E-state index contributed by atoms with van der Waals surface area (Å²) >= 11 is 1.74. The molecule has 3 nitrogen and oxygen atoms in total. The molecule has 0 aromatic carbocycles. The molecule has 18 heavy (non-hydrogen) atoms. The zero-order chi connectivity index (χ0) is 12.5. The van der Waals surface area contributed by atoms with Crippen molar-refractivity contribution in [2.75, 3.05) is 0 Å². The first-order valence-corrected chi connectivity index (χ1v) is 7.70. The summed E-state index contributed by atoms with van der Waals surface area (Å²) in [5.74, 6) is 0.527. The average molecular weight is 264 g/mol. The highest BCUT2D eigenvalue weighted by molar-refractivity contribution is 7.09. The van der Waals surface area contributed by atoms with Gasteiger partial charge < -0.3 is 10.6 Å². The van der Waals surface area contributed by atoms with E-state index in [0.717, 1.165) is 25.8 Å². The van der Waals surface area contributed by atoms with Crippen LogP contribution in [0.3, 0.4) is 0 Å². The standard InChI is InChI=1S/C14H20N2OS/c15-11-4-3-10(8-11)14(17)16(12-5-6-12)9-13-2-1-7-18-13/h1-2,7,10-12H,3-6,8-9,15H2. The van der Waals surface area contributed by atoms with Crippen molar-refractivity contribution in [3.05, 3.63) is 22.4 Å². The summed E-state index contributed by atoms with van der Waals surface area (Å²) in [6.45, 7) is 0.799. The van der Waals surface area contributed by atoms with Gasteiger partial charge in [0.2, 0.25) is 5.91 Å². The third-order valence-electron chi connectivity index (χ3n) is 4.00. The van der Waals surface area contributed by atoms with E-state index in [0.29, 0.717) is 11.9 Å². The van der Waals surface area contributed by atoms with Crippen LogP contribution in [0, 0.1) is 5.92 Å². The van der Waals surface area contributed by atoms with Gasteiger partial charge in [0.25, 0.3) is 0 Å². The molecule has 1 heterocycles. The zero-order valence-electron chi connectivity index (χ0n) is 10.5. The quantitative estimate of drug-likeness (QED) is 0.907. The van der Waals surface area contributed by atoms with Crippen molar-refractivity contribution in [2.45, 2.75) is 50.7 Å². The van der Waals surface area contributed by atoms with Crippen molar-refractivity contribution >= 4 is 17.2 Å². The second kappa shape index (κ2) is 5.02. The Hall–Kier alpha value is -0.870. The van der Waals surface area contributed by atoms with Crippen LogP contribution in [0.1, 0.15) is 37.0 Å². The van der Waals surface area contributed by atoms with Crippen LogP contribution in [0.4, 0.5) is 0 Å². The zero-order valence-corrected chi connectivity index (χ0v) is 11.4. The van der Waals surface area contributed by atoms with Gasteiger partial charge in [0.05, 0.1) is 6.54 Å². The van der Waals surface area contributed by atoms with Gasteiger partial charge in [-0.05, 0) is 43.6 Å². The molecule has 2 saturated carbocycles. The SMILES string of the molecule is NC1CCC(C(=O)N(Cc2cccs2)C2CC2)C1. The lowest BCUT2D eigenvalue weighted by Gasteiger charge is -2.25. The maximum Gasteiger partial charge on any atom is 0.226 e. The molecule has 1 aromatic heterocycles. The van der Waals surface area contributed by atoms with E-state index in [1.165, 1.54) is 17.7 Å². The molecule has 2 aliphatic rings. The van der Waals surface area contributed by atoms with Gasteiger partial charge in [0.15, 0.2) is 0 Å². The van der Waals surface area contributed by atoms with E-state index in [2.05, 4.69) is 22.4 Å². The minimum atomic E-state index is 0.181. The number of thiophene rings is 1. The molecule has 1 amide bonds. The Morgan fingerprint density at radius 3 is 2.78 bits per heavy atom. The monoisotopic (exact) mass is 264 g/mol. The fourth-order valence-corrected chi connectivity index (χ4v) is 3.52. The maximum atomic E-state index is 12.6. The number of carbonyl (C=O) groups excluding carboxylic acids is 1. The highest BCUT2D eigenvalue weighted by Gasteiger charge is 2.38. The van der Waals surface area contributed by atoms with Gasteiger partial charge in [-0.15, -0.1) is 11.3 Å². The fraction of sp³-hybridized carbons (Fsp3) is 0.643. The highest BCUT2D eigenvalue weighted by Crippen LogP contribution is 2.34. The van der Waals surface area contributed by atoms with E-state index < -0.39 is 0 Å². The third-order valence-corrected chi connectivity index (χ3v) is 4.86. The van der Waals surface area contributed by atoms with Crippen LogP contribution >= 0.6 is 11.3 Å². The molecular formula is C14H20N2OS. The Balaban J connectivity index is 1.67. The molecule has 0 bridgehead atoms. The number of nitrogens with zero attached hydrogens (tertiary/aromatic N) is 1. The minimum absolute atomic E-state index is 0.181.